The van der Waals surface area contributed by atoms with Crippen molar-refractivity contribution in [1.82, 2.24) is 10.2 Å². The van der Waals surface area contributed by atoms with Crippen LogP contribution >= 0.6 is 11.6 Å². The highest BCUT2D eigenvalue weighted by Crippen LogP contribution is 2.19. The van der Waals surface area contributed by atoms with Crippen LogP contribution in [-0.2, 0) is 0 Å². The zero-order valence-corrected chi connectivity index (χ0v) is 10.1. The van der Waals surface area contributed by atoms with Crippen LogP contribution in [0, 0.1) is 0 Å². The van der Waals surface area contributed by atoms with Gasteiger partial charge in [0, 0.05) is 39.3 Å². The second-order valence-electron chi connectivity index (χ2n) is 4.00. The van der Waals surface area contributed by atoms with Crippen LogP contribution in [0.5, 0.6) is 0 Å². The molecule has 16 heavy (non-hydrogen) atoms. The van der Waals surface area contributed by atoms with Gasteiger partial charge in [0.1, 0.15) is 0 Å². The molecule has 1 aliphatic rings. The first kappa shape index (κ1) is 11.7. The summed E-state index contributed by atoms with van der Waals surface area (Å²) in [5, 5.41) is 7.51. The average Bonchev–Trinajstić information content (AvgIpc) is 2.33. The van der Waals surface area contributed by atoms with E-state index in [1.54, 1.807) is 0 Å². The molecule has 4 heteroatoms. The molecule has 0 saturated carbocycles. The highest BCUT2D eigenvalue weighted by atomic mass is 35.5. The van der Waals surface area contributed by atoms with E-state index in [-0.39, 0.29) is 0 Å². The van der Waals surface area contributed by atoms with Crippen molar-refractivity contribution in [3.8, 4) is 0 Å². The third-order valence-corrected chi connectivity index (χ3v) is 3.16. The number of piperazine rings is 1. The van der Waals surface area contributed by atoms with Gasteiger partial charge >= 0.3 is 0 Å². The third kappa shape index (κ3) is 3.37. The predicted molar refractivity (Wildman–Crippen MR) is 69.3 cm³/mol. The first-order valence-corrected chi connectivity index (χ1v) is 6.15. The van der Waals surface area contributed by atoms with Gasteiger partial charge in [-0.25, -0.2) is 0 Å². The van der Waals surface area contributed by atoms with Crippen molar-refractivity contribution in [3.63, 3.8) is 0 Å². The second kappa shape index (κ2) is 6.09. The van der Waals surface area contributed by atoms with Crippen LogP contribution in [0.15, 0.2) is 24.3 Å². The van der Waals surface area contributed by atoms with E-state index in [2.05, 4.69) is 15.5 Å². The smallest absolute Gasteiger partial charge is 0.0637 e. The van der Waals surface area contributed by atoms with E-state index in [0.29, 0.717) is 0 Å². The van der Waals surface area contributed by atoms with E-state index in [1.807, 2.05) is 24.3 Å². The number of nitrogens with one attached hydrogen (secondary N) is 2. The quantitative estimate of drug-likeness (QED) is 0.837. The van der Waals surface area contributed by atoms with E-state index < -0.39 is 0 Å². The van der Waals surface area contributed by atoms with E-state index >= 15 is 0 Å². The number of rotatable bonds is 4. The van der Waals surface area contributed by atoms with Crippen molar-refractivity contribution >= 4 is 17.3 Å². The summed E-state index contributed by atoms with van der Waals surface area (Å²) in [4.78, 5) is 2.46. The first-order valence-electron chi connectivity index (χ1n) is 5.78. The summed E-state index contributed by atoms with van der Waals surface area (Å²) in [6, 6.07) is 7.87. The third-order valence-electron chi connectivity index (χ3n) is 2.83. The topological polar surface area (TPSA) is 27.3 Å². The lowest BCUT2D eigenvalue weighted by molar-refractivity contribution is 0.249. The number of nitrogens with zero attached hydrogens (tertiary/aromatic N) is 1. The molecular formula is C12H18ClN3. The molecule has 0 aliphatic carbocycles. The summed E-state index contributed by atoms with van der Waals surface area (Å²) in [5.41, 5.74) is 1.03. The van der Waals surface area contributed by atoms with Crippen LogP contribution in [0.3, 0.4) is 0 Å². The van der Waals surface area contributed by atoms with Crippen LogP contribution in [0.2, 0.25) is 5.02 Å². The highest BCUT2D eigenvalue weighted by molar-refractivity contribution is 6.33. The Kier molecular flexibility index (Phi) is 4.45. The normalized spacial score (nSPS) is 17.3. The SMILES string of the molecule is Clc1ccccc1NCCN1CCNCC1. The van der Waals surface area contributed by atoms with Crippen LogP contribution in [0.4, 0.5) is 5.69 Å². The molecule has 2 N–H and O–H groups in total. The Bertz CT molecular complexity index is 324. The fourth-order valence-electron chi connectivity index (χ4n) is 1.89. The summed E-state index contributed by atoms with van der Waals surface area (Å²) in [6.07, 6.45) is 0. The largest absolute Gasteiger partial charge is 0.383 e. The Hall–Kier alpha value is -0.770. The first-order chi connectivity index (χ1) is 7.86. The Morgan fingerprint density at radius 2 is 2.00 bits per heavy atom. The van der Waals surface area contributed by atoms with Crippen molar-refractivity contribution < 1.29 is 0 Å². The molecular weight excluding hydrogens is 222 g/mol. The van der Waals surface area contributed by atoms with Gasteiger partial charge in [0.25, 0.3) is 0 Å². The van der Waals surface area contributed by atoms with Crippen molar-refractivity contribution in [2.45, 2.75) is 0 Å². The van der Waals surface area contributed by atoms with Gasteiger partial charge in [0.2, 0.25) is 0 Å². The molecule has 88 valence electrons. The second-order valence-corrected chi connectivity index (χ2v) is 4.41. The Labute approximate surface area is 102 Å². The minimum Gasteiger partial charge on any atom is -0.383 e. The summed E-state index contributed by atoms with van der Waals surface area (Å²) >= 11 is 6.06. The zero-order chi connectivity index (χ0) is 11.2. The molecule has 1 aromatic rings. The lowest BCUT2D eigenvalue weighted by atomic mass is 10.3. The van der Waals surface area contributed by atoms with Crippen LogP contribution in [-0.4, -0.2) is 44.2 Å². The van der Waals surface area contributed by atoms with Gasteiger partial charge < -0.3 is 10.6 Å². The number of para-hydroxylation sites is 1. The van der Waals surface area contributed by atoms with Crippen LogP contribution in [0.1, 0.15) is 0 Å². The monoisotopic (exact) mass is 239 g/mol. The molecule has 0 amide bonds. The van der Waals surface area contributed by atoms with E-state index in [0.717, 1.165) is 50.0 Å². The maximum atomic E-state index is 6.06. The minimum atomic E-state index is 0.794. The van der Waals surface area contributed by atoms with Gasteiger partial charge in [-0.05, 0) is 12.1 Å². The van der Waals surface area contributed by atoms with Crippen molar-refractivity contribution in [2.24, 2.45) is 0 Å². The molecule has 1 fully saturated rings. The molecule has 3 nitrogen and oxygen atoms in total. The van der Waals surface area contributed by atoms with Crippen molar-refractivity contribution in [1.29, 1.82) is 0 Å². The van der Waals surface area contributed by atoms with Gasteiger partial charge in [-0.1, -0.05) is 23.7 Å². The Balaban J connectivity index is 1.73. The number of hydrogen-bond donors (Lipinski definition) is 2. The molecule has 1 heterocycles. The van der Waals surface area contributed by atoms with E-state index in [1.165, 1.54) is 0 Å². The molecule has 1 aliphatic heterocycles. The summed E-state index contributed by atoms with van der Waals surface area (Å²) in [5.74, 6) is 0. The summed E-state index contributed by atoms with van der Waals surface area (Å²) < 4.78 is 0. The molecule has 0 unspecified atom stereocenters. The predicted octanol–water partition coefficient (Wildman–Crippen LogP) is 1.66. The van der Waals surface area contributed by atoms with Gasteiger partial charge in [0.15, 0.2) is 0 Å². The average molecular weight is 240 g/mol. The zero-order valence-electron chi connectivity index (χ0n) is 9.38. The van der Waals surface area contributed by atoms with Gasteiger partial charge in [-0.2, -0.15) is 0 Å². The Morgan fingerprint density at radius 1 is 1.25 bits per heavy atom. The minimum absolute atomic E-state index is 0.794. The molecule has 0 radical (unpaired) electrons. The Morgan fingerprint density at radius 3 is 2.75 bits per heavy atom. The number of halogens is 1. The van der Waals surface area contributed by atoms with Crippen LogP contribution in [0.25, 0.3) is 0 Å². The molecule has 0 bridgehead atoms. The number of hydrogen-bond acceptors (Lipinski definition) is 3. The van der Waals surface area contributed by atoms with Crippen molar-refractivity contribution in [3.05, 3.63) is 29.3 Å². The fraction of sp³-hybridized carbons (Fsp3) is 0.500. The van der Waals surface area contributed by atoms with Crippen LogP contribution < -0.4 is 10.6 Å². The molecule has 0 atom stereocenters. The summed E-state index contributed by atoms with van der Waals surface area (Å²) in [6.45, 7) is 6.52. The van der Waals surface area contributed by atoms with Gasteiger partial charge in [0.05, 0.1) is 10.7 Å². The molecule has 1 aromatic carbocycles. The molecule has 0 spiro atoms. The maximum absolute atomic E-state index is 6.06. The standard InChI is InChI=1S/C12H18ClN3/c13-11-3-1-2-4-12(11)15-7-10-16-8-5-14-6-9-16/h1-4,14-15H,5-10H2. The molecule has 0 aromatic heterocycles. The lowest BCUT2D eigenvalue weighted by Crippen LogP contribution is -2.45. The number of benzene rings is 1. The van der Waals surface area contributed by atoms with Gasteiger partial charge in [-0.15, -0.1) is 0 Å². The highest BCUT2D eigenvalue weighted by Gasteiger charge is 2.08. The molecule has 2 rings (SSSR count). The maximum Gasteiger partial charge on any atom is 0.0637 e. The summed E-state index contributed by atoms with van der Waals surface area (Å²) in [7, 11) is 0. The molecule has 1 saturated heterocycles. The number of anilines is 1. The lowest BCUT2D eigenvalue weighted by Gasteiger charge is -2.27. The van der Waals surface area contributed by atoms with E-state index in [4.69, 9.17) is 11.6 Å². The van der Waals surface area contributed by atoms with Gasteiger partial charge in [-0.3, -0.25) is 4.90 Å². The fourth-order valence-corrected chi connectivity index (χ4v) is 2.09. The van der Waals surface area contributed by atoms with E-state index in [9.17, 15) is 0 Å². The van der Waals surface area contributed by atoms with Crippen molar-refractivity contribution in [2.75, 3.05) is 44.6 Å².